The molecule has 2 N–H and O–H groups in total. The van der Waals surface area contributed by atoms with Crippen molar-refractivity contribution in [3.8, 4) is 0 Å². The van der Waals surface area contributed by atoms with Crippen LogP contribution in [-0.4, -0.2) is 13.1 Å². The Balaban J connectivity index is 2.30. The third-order valence-corrected chi connectivity index (χ3v) is 2.56. The molecule has 0 aliphatic heterocycles. The SMILES string of the molecule is COC(=O)c1ccc(C(N)c2cc(F)cc(F)c2)o1. The molecule has 6 heteroatoms. The van der Waals surface area contributed by atoms with Gasteiger partial charge in [-0.25, -0.2) is 13.6 Å². The summed E-state index contributed by atoms with van der Waals surface area (Å²) >= 11 is 0. The van der Waals surface area contributed by atoms with E-state index in [0.717, 1.165) is 18.2 Å². The van der Waals surface area contributed by atoms with Crippen molar-refractivity contribution >= 4 is 5.97 Å². The molecule has 0 saturated carbocycles. The second-order valence-electron chi connectivity index (χ2n) is 3.87. The first kappa shape index (κ1) is 13.2. The number of nitrogens with two attached hydrogens (primary N) is 1. The molecule has 1 aromatic heterocycles. The zero-order valence-corrected chi connectivity index (χ0v) is 10.0. The van der Waals surface area contributed by atoms with Gasteiger partial charge in [-0.3, -0.25) is 0 Å². The fourth-order valence-corrected chi connectivity index (χ4v) is 1.65. The highest BCUT2D eigenvalue weighted by atomic mass is 19.1. The number of halogens is 2. The minimum atomic E-state index is -0.872. The van der Waals surface area contributed by atoms with Crippen LogP contribution in [0.15, 0.2) is 34.7 Å². The summed E-state index contributed by atoms with van der Waals surface area (Å²) < 4.78 is 35.9. The number of methoxy groups -OCH3 is 1. The molecule has 0 amide bonds. The van der Waals surface area contributed by atoms with Gasteiger partial charge >= 0.3 is 5.97 Å². The number of rotatable bonds is 3. The van der Waals surface area contributed by atoms with Gasteiger partial charge in [-0.1, -0.05) is 0 Å². The number of esters is 1. The predicted molar refractivity (Wildman–Crippen MR) is 62.4 cm³/mol. The van der Waals surface area contributed by atoms with Gasteiger partial charge in [-0.2, -0.15) is 0 Å². The van der Waals surface area contributed by atoms with Crippen LogP contribution in [0.3, 0.4) is 0 Å². The Morgan fingerprint density at radius 2 is 1.89 bits per heavy atom. The van der Waals surface area contributed by atoms with Gasteiger partial charge < -0.3 is 14.9 Å². The molecule has 1 heterocycles. The summed E-state index contributed by atoms with van der Waals surface area (Å²) in [5.41, 5.74) is 6.04. The number of hydrogen-bond donors (Lipinski definition) is 1. The molecule has 0 radical (unpaired) electrons. The second kappa shape index (κ2) is 5.19. The lowest BCUT2D eigenvalue weighted by molar-refractivity contribution is 0.0562. The van der Waals surface area contributed by atoms with E-state index in [0.29, 0.717) is 0 Å². The Morgan fingerprint density at radius 1 is 1.26 bits per heavy atom. The van der Waals surface area contributed by atoms with E-state index >= 15 is 0 Å². The average molecular weight is 267 g/mol. The Hall–Kier alpha value is -2.21. The molecule has 0 aliphatic rings. The van der Waals surface area contributed by atoms with Crippen LogP contribution in [0.1, 0.15) is 27.9 Å². The third kappa shape index (κ3) is 2.79. The van der Waals surface area contributed by atoms with Crippen LogP contribution < -0.4 is 5.73 Å². The van der Waals surface area contributed by atoms with Crippen LogP contribution in [0.5, 0.6) is 0 Å². The molecule has 0 saturated heterocycles. The first-order chi connectivity index (χ1) is 9.01. The van der Waals surface area contributed by atoms with Crippen LogP contribution >= 0.6 is 0 Å². The first-order valence-electron chi connectivity index (χ1n) is 5.41. The van der Waals surface area contributed by atoms with Crippen molar-refractivity contribution in [3.63, 3.8) is 0 Å². The molecule has 19 heavy (non-hydrogen) atoms. The van der Waals surface area contributed by atoms with Gasteiger partial charge in [0.25, 0.3) is 0 Å². The lowest BCUT2D eigenvalue weighted by Crippen LogP contribution is -2.11. The fourth-order valence-electron chi connectivity index (χ4n) is 1.65. The molecule has 100 valence electrons. The predicted octanol–water partition coefficient (Wildman–Crippen LogP) is 2.39. The van der Waals surface area contributed by atoms with Crippen molar-refractivity contribution in [2.75, 3.05) is 7.11 Å². The summed E-state index contributed by atoms with van der Waals surface area (Å²) in [4.78, 5) is 11.2. The molecule has 1 unspecified atom stereocenters. The van der Waals surface area contributed by atoms with Crippen molar-refractivity contribution in [2.24, 2.45) is 5.73 Å². The first-order valence-corrected chi connectivity index (χ1v) is 5.41. The minimum absolute atomic E-state index is 0.0233. The van der Waals surface area contributed by atoms with E-state index in [-0.39, 0.29) is 17.1 Å². The zero-order chi connectivity index (χ0) is 14.0. The third-order valence-electron chi connectivity index (χ3n) is 2.56. The molecule has 1 aromatic carbocycles. The summed E-state index contributed by atoms with van der Waals surface area (Å²) in [5, 5.41) is 0. The number of hydrogen-bond acceptors (Lipinski definition) is 4. The van der Waals surface area contributed by atoms with Gasteiger partial charge in [0.1, 0.15) is 17.4 Å². The normalized spacial score (nSPS) is 12.2. The summed E-state index contributed by atoms with van der Waals surface area (Å²) in [7, 11) is 1.21. The van der Waals surface area contributed by atoms with Crippen LogP contribution in [0, 0.1) is 11.6 Å². The summed E-state index contributed by atoms with van der Waals surface area (Å²) in [5.74, 6) is -1.92. The highest BCUT2D eigenvalue weighted by Gasteiger charge is 2.18. The van der Waals surface area contributed by atoms with Crippen LogP contribution in [0.2, 0.25) is 0 Å². The quantitative estimate of drug-likeness (QED) is 0.867. The molecular formula is C13H11F2NO3. The van der Waals surface area contributed by atoms with E-state index in [9.17, 15) is 13.6 Å². The van der Waals surface area contributed by atoms with E-state index < -0.39 is 23.6 Å². The van der Waals surface area contributed by atoms with Crippen LogP contribution in [0.25, 0.3) is 0 Å². The topological polar surface area (TPSA) is 65.5 Å². The van der Waals surface area contributed by atoms with Crippen molar-refractivity contribution in [3.05, 3.63) is 59.1 Å². The van der Waals surface area contributed by atoms with E-state index in [1.807, 2.05) is 0 Å². The van der Waals surface area contributed by atoms with Crippen molar-refractivity contribution in [1.82, 2.24) is 0 Å². The standard InChI is InChI=1S/C13H11F2NO3/c1-18-13(17)11-3-2-10(19-11)12(16)7-4-8(14)6-9(15)5-7/h2-6,12H,16H2,1H3. The lowest BCUT2D eigenvalue weighted by atomic mass is 10.1. The van der Waals surface area contributed by atoms with Gasteiger partial charge in [0.15, 0.2) is 0 Å². The number of carbonyl (C=O) groups is 1. The Kier molecular flexibility index (Phi) is 3.62. The van der Waals surface area contributed by atoms with Gasteiger partial charge in [-0.05, 0) is 29.8 Å². The maximum Gasteiger partial charge on any atom is 0.373 e. The minimum Gasteiger partial charge on any atom is -0.463 e. The zero-order valence-electron chi connectivity index (χ0n) is 10.0. The maximum atomic E-state index is 13.1. The summed E-state index contributed by atoms with van der Waals surface area (Å²) in [6, 6.07) is 4.93. The summed E-state index contributed by atoms with van der Waals surface area (Å²) in [6.45, 7) is 0. The Morgan fingerprint density at radius 3 is 2.47 bits per heavy atom. The van der Waals surface area contributed by atoms with Gasteiger partial charge in [0, 0.05) is 6.07 Å². The number of ether oxygens (including phenoxy) is 1. The molecule has 0 aliphatic carbocycles. The largest absolute Gasteiger partial charge is 0.463 e. The molecule has 0 bridgehead atoms. The highest BCUT2D eigenvalue weighted by Crippen LogP contribution is 2.23. The van der Waals surface area contributed by atoms with E-state index in [4.69, 9.17) is 10.2 Å². The number of benzene rings is 1. The van der Waals surface area contributed by atoms with Crippen molar-refractivity contribution < 1.29 is 22.7 Å². The van der Waals surface area contributed by atoms with Crippen LogP contribution in [0.4, 0.5) is 8.78 Å². The van der Waals surface area contributed by atoms with Gasteiger partial charge in [-0.15, -0.1) is 0 Å². The average Bonchev–Trinajstić information content (AvgIpc) is 2.85. The molecule has 0 fully saturated rings. The maximum absolute atomic E-state index is 13.1. The summed E-state index contributed by atoms with van der Waals surface area (Å²) in [6.07, 6.45) is 0. The molecule has 2 aromatic rings. The van der Waals surface area contributed by atoms with E-state index in [1.165, 1.54) is 19.2 Å². The molecule has 2 rings (SSSR count). The Labute approximate surface area is 107 Å². The molecule has 4 nitrogen and oxygen atoms in total. The monoisotopic (exact) mass is 267 g/mol. The van der Waals surface area contributed by atoms with Crippen molar-refractivity contribution in [2.45, 2.75) is 6.04 Å². The second-order valence-corrected chi connectivity index (χ2v) is 3.87. The molecule has 1 atom stereocenters. The number of furan rings is 1. The van der Waals surface area contributed by atoms with Gasteiger partial charge in [0.05, 0.1) is 13.2 Å². The molecular weight excluding hydrogens is 256 g/mol. The fraction of sp³-hybridized carbons (Fsp3) is 0.154. The van der Waals surface area contributed by atoms with Crippen LogP contribution in [-0.2, 0) is 4.74 Å². The molecule has 0 spiro atoms. The van der Waals surface area contributed by atoms with E-state index in [2.05, 4.69) is 4.74 Å². The van der Waals surface area contributed by atoms with E-state index in [1.54, 1.807) is 0 Å². The van der Waals surface area contributed by atoms with Gasteiger partial charge in [0.2, 0.25) is 5.76 Å². The number of carbonyl (C=O) groups excluding carboxylic acids is 1. The smallest absolute Gasteiger partial charge is 0.373 e. The van der Waals surface area contributed by atoms with Crippen molar-refractivity contribution in [1.29, 1.82) is 0 Å². The lowest BCUT2D eigenvalue weighted by Gasteiger charge is -2.09. The Bertz CT molecular complexity index is 589. The highest BCUT2D eigenvalue weighted by molar-refractivity contribution is 5.86.